The third-order valence-electron chi connectivity index (χ3n) is 4.98. The number of hydrogen-bond donors (Lipinski definition) is 1. The van der Waals surface area contributed by atoms with E-state index in [2.05, 4.69) is 5.10 Å². The van der Waals surface area contributed by atoms with Crippen molar-refractivity contribution in [2.24, 2.45) is 0 Å². The minimum atomic E-state index is -0.120. The number of nitrogen functional groups attached to an aromatic ring is 1. The van der Waals surface area contributed by atoms with E-state index in [1.807, 2.05) is 42.3 Å². The lowest BCUT2D eigenvalue weighted by atomic mass is 10.2. The minimum Gasteiger partial charge on any atom is -0.451 e. The Bertz CT molecular complexity index is 945. The third-order valence-corrected chi connectivity index (χ3v) is 4.98. The summed E-state index contributed by atoms with van der Waals surface area (Å²) in [5.74, 6) is 0.707. The SMILES string of the molecule is CO[C@H]1C[C@@H](Cn2ccc(N)n2)N(C(=O)c2cc3cccc(C)c3o2)C1. The summed E-state index contributed by atoms with van der Waals surface area (Å²) in [5, 5.41) is 5.17. The standard InChI is InChI=1S/C19H22N4O3/c1-12-4-3-5-13-8-16(26-18(12)13)19(24)23-11-15(25-2)9-14(23)10-22-7-6-17(20)21-22/h3-8,14-15H,9-11H2,1-2H3,(H2,20,21)/t14-,15-/m0/s1. The fourth-order valence-electron chi connectivity index (χ4n) is 3.62. The molecule has 2 aromatic heterocycles. The Labute approximate surface area is 151 Å². The van der Waals surface area contributed by atoms with Crippen LogP contribution in [0.3, 0.4) is 0 Å². The summed E-state index contributed by atoms with van der Waals surface area (Å²) in [6.07, 6.45) is 2.58. The molecule has 4 rings (SSSR count). The van der Waals surface area contributed by atoms with Gasteiger partial charge >= 0.3 is 0 Å². The largest absolute Gasteiger partial charge is 0.451 e. The maximum Gasteiger partial charge on any atom is 0.290 e. The van der Waals surface area contributed by atoms with Crippen molar-refractivity contribution in [1.29, 1.82) is 0 Å². The van der Waals surface area contributed by atoms with Gasteiger partial charge in [-0.2, -0.15) is 5.10 Å². The molecule has 1 aromatic carbocycles. The summed E-state index contributed by atoms with van der Waals surface area (Å²) in [6.45, 7) is 3.08. The van der Waals surface area contributed by atoms with Gasteiger partial charge in [0.1, 0.15) is 11.4 Å². The normalized spacial score (nSPS) is 20.2. The highest BCUT2D eigenvalue weighted by atomic mass is 16.5. The van der Waals surface area contributed by atoms with Crippen molar-refractivity contribution < 1.29 is 13.9 Å². The molecule has 7 heteroatoms. The number of methoxy groups -OCH3 is 1. The van der Waals surface area contributed by atoms with Crippen LogP contribution in [0.15, 0.2) is 40.9 Å². The summed E-state index contributed by atoms with van der Waals surface area (Å²) in [6, 6.07) is 9.42. The number of amides is 1. The minimum absolute atomic E-state index is 0.00275. The molecule has 1 aliphatic rings. The summed E-state index contributed by atoms with van der Waals surface area (Å²) < 4.78 is 13.1. The first-order valence-corrected chi connectivity index (χ1v) is 8.67. The number of fused-ring (bicyclic) bond motifs is 1. The molecule has 0 spiro atoms. The van der Waals surface area contributed by atoms with Gasteiger partial charge < -0.3 is 19.8 Å². The predicted octanol–water partition coefficient (Wildman–Crippen LogP) is 2.45. The number of carbonyl (C=O) groups is 1. The average Bonchev–Trinajstić information content (AvgIpc) is 3.33. The van der Waals surface area contributed by atoms with Gasteiger partial charge in [-0.1, -0.05) is 18.2 Å². The molecule has 0 aliphatic carbocycles. The lowest BCUT2D eigenvalue weighted by molar-refractivity contribution is 0.0650. The lowest BCUT2D eigenvalue weighted by Gasteiger charge is -2.23. The van der Waals surface area contributed by atoms with Crippen molar-refractivity contribution in [1.82, 2.24) is 14.7 Å². The van der Waals surface area contributed by atoms with Gasteiger partial charge in [0.15, 0.2) is 5.76 Å². The number of aromatic nitrogens is 2. The monoisotopic (exact) mass is 354 g/mol. The molecule has 0 unspecified atom stereocenters. The van der Waals surface area contributed by atoms with Crippen LogP contribution in [0.25, 0.3) is 11.0 Å². The molecule has 0 bridgehead atoms. The summed E-state index contributed by atoms with van der Waals surface area (Å²) in [4.78, 5) is 14.9. The van der Waals surface area contributed by atoms with E-state index in [1.54, 1.807) is 17.9 Å². The lowest BCUT2D eigenvalue weighted by Crippen LogP contribution is -2.38. The van der Waals surface area contributed by atoms with Gasteiger partial charge in [-0.25, -0.2) is 0 Å². The number of nitrogens with two attached hydrogens (primary N) is 1. The number of hydrogen-bond acceptors (Lipinski definition) is 5. The molecule has 7 nitrogen and oxygen atoms in total. The fourth-order valence-corrected chi connectivity index (χ4v) is 3.62. The molecule has 2 atom stereocenters. The van der Waals surface area contributed by atoms with Crippen LogP contribution in [0, 0.1) is 6.92 Å². The van der Waals surface area contributed by atoms with Crippen molar-refractivity contribution in [2.45, 2.75) is 32.0 Å². The van der Waals surface area contributed by atoms with Gasteiger partial charge in [0.2, 0.25) is 0 Å². The topological polar surface area (TPSA) is 86.5 Å². The highest BCUT2D eigenvalue weighted by Gasteiger charge is 2.37. The second kappa shape index (κ2) is 6.49. The number of aryl methyl sites for hydroxylation is 1. The summed E-state index contributed by atoms with van der Waals surface area (Å²) in [5.41, 5.74) is 7.47. The van der Waals surface area contributed by atoms with Crippen molar-refractivity contribution in [3.8, 4) is 0 Å². The molecule has 1 aliphatic heterocycles. The first-order valence-electron chi connectivity index (χ1n) is 8.67. The Morgan fingerprint density at radius 1 is 1.42 bits per heavy atom. The number of rotatable bonds is 4. The highest BCUT2D eigenvalue weighted by Crippen LogP contribution is 2.28. The van der Waals surface area contributed by atoms with Crippen LogP contribution in [-0.4, -0.2) is 46.4 Å². The second-order valence-corrected chi connectivity index (χ2v) is 6.77. The molecule has 2 N–H and O–H groups in total. The quantitative estimate of drug-likeness (QED) is 0.778. The Morgan fingerprint density at radius 3 is 2.96 bits per heavy atom. The zero-order valence-corrected chi connectivity index (χ0v) is 14.9. The van der Waals surface area contributed by atoms with Crippen LogP contribution in [0.2, 0.25) is 0 Å². The molecule has 26 heavy (non-hydrogen) atoms. The highest BCUT2D eigenvalue weighted by molar-refractivity contribution is 5.97. The molecular weight excluding hydrogens is 332 g/mol. The van der Waals surface area contributed by atoms with E-state index in [1.165, 1.54) is 0 Å². The molecule has 0 radical (unpaired) electrons. The smallest absolute Gasteiger partial charge is 0.290 e. The van der Waals surface area contributed by atoms with Crippen LogP contribution in [0.4, 0.5) is 5.82 Å². The number of carbonyl (C=O) groups excluding carboxylic acids is 1. The van der Waals surface area contributed by atoms with E-state index in [0.29, 0.717) is 24.7 Å². The molecule has 0 saturated carbocycles. The number of benzene rings is 1. The van der Waals surface area contributed by atoms with Gasteiger partial charge in [-0.15, -0.1) is 0 Å². The van der Waals surface area contributed by atoms with Crippen LogP contribution >= 0.6 is 0 Å². The van der Waals surface area contributed by atoms with Gasteiger partial charge in [-0.05, 0) is 31.0 Å². The van der Waals surface area contributed by atoms with E-state index in [9.17, 15) is 4.79 Å². The number of nitrogens with zero attached hydrogens (tertiary/aromatic N) is 3. The van der Waals surface area contributed by atoms with Gasteiger partial charge in [-0.3, -0.25) is 9.48 Å². The Hall–Kier alpha value is -2.80. The predicted molar refractivity (Wildman–Crippen MR) is 97.8 cm³/mol. The zero-order valence-electron chi connectivity index (χ0n) is 14.9. The van der Waals surface area contributed by atoms with Gasteiger partial charge in [0, 0.05) is 25.2 Å². The van der Waals surface area contributed by atoms with Crippen LogP contribution < -0.4 is 5.73 Å². The molecular formula is C19H22N4O3. The maximum absolute atomic E-state index is 13.1. The molecule has 1 saturated heterocycles. The van der Waals surface area contributed by atoms with Crippen molar-refractivity contribution in [3.05, 3.63) is 47.9 Å². The number of likely N-dealkylation sites (tertiary alicyclic amines) is 1. The van der Waals surface area contributed by atoms with E-state index < -0.39 is 0 Å². The van der Waals surface area contributed by atoms with E-state index in [4.69, 9.17) is 14.9 Å². The molecule has 136 valence electrons. The third kappa shape index (κ3) is 2.94. The summed E-state index contributed by atoms with van der Waals surface area (Å²) in [7, 11) is 1.67. The zero-order chi connectivity index (χ0) is 18.3. The van der Waals surface area contributed by atoms with E-state index >= 15 is 0 Å². The number of anilines is 1. The Balaban J connectivity index is 1.61. The maximum atomic E-state index is 13.1. The number of para-hydroxylation sites is 1. The molecule has 3 heterocycles. The Morgan fingerprint density at radius 2 is 2.27 bits per heavy atom. The van der Waals surface area contributed by atoms with Crippen molar-refractivity contribution in [2.75, 3.05) is 19.4 Å². The van der Waals surface area contributed by atoms with Crippen molar-refractivity contribution in [3.63, 3.8) is 0 Å². The van der Waals surface area contributed by atoms with Crippen LogP contribution in [0.5, 0.6) is 0 Å². The van der Waals surface area contributed by atoms with Crippen molar-refractivity contribution >= 4 is 22.7 Å². The summed E-state index contributed by atoms with van der Waals surface area (Å²) >= 11 is 0. The number of furan rings is 1. The fraction of sp³-hybridized carbons (Fsp3) is 0.368. The van der Waals surface area contributed by atoms with Crippen LogP contribution in [0.1, 0.15) is 22.5 Å². The first-order chi connectivity index (χ1) is 12.5. The van der Waals surface area contributed by atoms with E-state index in [0.717, 1.165) is 23.0 Å². The van der Waals surface area contributed by atoms with Gasteiger partial charge in [0.25, 0.3) is 5.91 Å². The van der Waals surface area contributed by atoms with Gasteiger partial charge in [0.05, 0.1) is 18.7 Å². The Kier molecular flexibility index (Phi) is 4.16. The molecule has 1 fully saturated rings. The second-order valence-electron chi connectivity index (χ2n) is 6.77. The van der Waals surface area contributed by atoms with Crippen LogP contribution in [-0.2, 0) is 11.3 Å². The first kappa shape index (κ1) is 16.7. The molecule has 3 aromatic rings. The molecule has 1 amide bonds. The average molecular weight is 354 g/mol. The van der Waals surface area contributed by atoms with E-state index in [-0.39, 0.29) is 18.1 Å². The number of ether oxygens (including phenoxy) is 1.